The molecule has 0 aliphatic rings. The maximum atomic E-state index is 12.8. The number of rotatable bonds is 6. The van der Waals surface area contributed by atoms with Crippen LogP contribution in [0, 0.1) is 5.82 Å². The standard InChI is InChI=1S/C15H16FNO2/c16-14-5-2-11(3-6-14)1-4-12(9-15(18)19)13-7-8-17-10-13/h2-3,5-8,10,12,17H,1,4,9H2,(H,18,19). The van der Waals surface area contributed by atoms with Gasteiger partial charge in [0.2, 0.25) is 0 Å². The predicted octanol–water partition coefficient (Wildman–Crippen LogP) is 3.34. The van der Waals surface area contributed by atoms with Gasteiger partial charge in [0.25, 0.3) is 0 Å². The molecule has 1 heterocycles. The van der Waals surface area contributed by atoms with Crippen LogP contribution in [0.15, 0.2) is 42.7 Å². The first kappa shape index (κ1) is 13.3. The van der Waals surface area contributed by atoms with Gasteiger partial charge in [-0.2, -0.15) is 0 Å². The van der Waals surface area contributed by atoms with Gasteiger partial charge in [-0.3, -0.25) is 4.79 Å². The second kappa shape index (κ2) is 6.18. The molecule has 2 N–H and O–H groups in total. The zero-order chi connectivity index (χ0) is 13.7. The van der Waals surface area contributed by atoms with Crippen molar-refractivity contribution in [3.05, 3.63) is 59.7 Å². The quantitative estimate of drug-likeness (QED) is 0.837. The molecule has 100 valence electrons. The van der Waals surface area contributed by atoms with Gasteiger partial charge in [-0.25, -0.2) is 4.39 Å². The minimum Gasteiger partial charge on any atom is -0.481 e. The molecule has 3 nitrogen and oxygen atoms in total. The largest absolute Gasteiger partial charge is 0.481 e. The number of aromatic amines is 1. The molecule has 4 heteroatoms. The first-order valence-electron chi connectivity index (χ1n) is 6.24. The van der Waals surface area contributed by atoms with Crippen molar-refractivity contribution in [3.63, 3.8) is 0 Å². The highest BCUT2D eigenvalue weighted by Gasteiger charge is 2.16. The summed E-state index contributed by atoms with van der Waals surface area (Å²) in [5.74, 6) is -1.07. The minimum atomic E-state index is -0.801. The molecular weight excluding hydrogens is 245 g/mol. The molecule has 0 saturated heterocycles. The summed E-state index contributed by atoms with van der Waals surface area (Å²) in [5.41, 5.74) is 2.02. The van der Waals surface area contributed by atoms with Crippen molar-refractivity contribution in [1.82, 2.24) is 4.98 Å². The van der Waals surface area contributed by atoms with Crippen molar-refractivity contribution in [2.24, 2.45) is 0 Å². The Balaban J connectivity index is 2.00. The molecule has 2 rings (SSSR count). The van der Waals surface area contributed by atoms with E-state index in [1.165, 1.54) is 12.1 Å². The van der Waals surface area contributed by atoms with Gasteiger partial charge >= 0.3 is 5.97 Å². The van der Waals surface area contributed by atoms with Crippen LogP contribution in [-0.2, 0) is 11.2 Å². The van der Waals surface area contributed by atoms with Crippen LogP contribution in [0.25, 0.3) is 0 Å². The number of halogens is 1. The molecule has 0 amide bonds. The van der Waals surface area contributed by atoms with E-state index in [1.807, 2.05) is 12.3 Å². The molecule has 0 saturated carbocycles. The van der Waals surface area contributed by atoms with E-state index in [0.29, 0.717) is 0 Å². The lowest BCUT2D eigenvalue weighted by Crippen LogP contribution is -2.07. The van der Waals surface area contributed by atoms with E-state index >= 15 is 0 Å². The highest BCUT2D eigenvalue weighted by atomic mass is 19.1. The first-order valence-corrected chi connectivity index (χ1v) is 6.24. The summed E-state index contributed by atoms with van der Waals surface area (Å²) in [6.07, 6.45) is 5.21. The molecule has 1 atom stereocenters. The Morgan fingerprint density at radius 1 is 1.26 bits per heavy atom. The van der Waals surface area contributed by atoms with Gasteiger partial charge in [-0.1, -0.05) is 12.1 Å². The average molecular weight is 261 g/mol. The van der Waals surface area contributed by atoms with Crippen LogP contribution in [0.4, 0.5) is 4.39 Å². The number of hydrogen-bond donors (Lipinski definition) is 2. The van der Waals surface area contributed by atoms with E-state index in [2.05, 4.69) is 4.98 Å². The zero-order valence-corrected chi connectivity index (χ0v) is 10.5. The topological polar surface area (TPSA) is 53.1 Å². The van der Waals surface area contributed by atoms with E-state index < -0.39 is 5.97 Å². The molecule has 19 heavy (non-hydrogen) atoms. The maximum Gasteiger partial charge on any atom is 0.303 e. The number of carboxylic acid groups (broad SMARTS) is 1. The van der Waals surface area contributed by atoms with E-state index in [9.17, 15) is 9.18 Å². The van der Waals surface area contributed by atoms with E-state index in [-0.39, 0.29) is 18.2 Å². The Morgan fingerprint density at radius 3 is 2.58 bits per heavy atom. The molecule has 1 aromatic carbocycles. The Bertz CT molecular complexity index is 520. The van der Waals surface area contributed by atoms with Crippen molar-refractivity contribution in [2.45, 2.75) is 25.2 Å². The number of aryl methyl sites for hydroxylation is 1. The smallest absolute Gasteiger partial charge is 0.303 e. The highest BCUT2D eigenvalue weighted by Crippen LogP contribution is 2.25. The Kier molecular flexibility index (Phi) is 4.34. The van der Waals surface area contributed by atoms with Gasteiger partial charge < -0.3 is 10.1 Å². The van der Waals surface area contributed by atoms with Gasteiger partial charge in [0.05, 0.1) is 6.42 Å². The molecule has 0 aliphatic heterocycles. The predicted molar refractivity (Wildman–Crippen MR) is 70.5 cm³/mol. The molecule has 0 aliphatic carbocycles. The van der Waals surface area contributed by atoms with Gasteiger partial charge in [0, 0.05) is 12.4 Å². The minimum absolute atomic E-state index is 0.0196. The fraction of sp³-hybridized carbons (Fsp3) is 0.267. The third-order valence-corrected chi connectivity index (χ3v) is 3.21. The van der Waals surface area contributed by atoms with Gasteiger partial charge in [-0.15, -0.1) is 0 Å². The zero-order valence-electron chi connectivity index (χ0n) is 10.5. The van der Waals surface area contributed by atoms with Gasteiger partial charge in [0.1, 0.15) is 5.82 Å². The van der Waals surface area contributed by atoms with Crippen LogP contribution >= 0.6 is 0 Å². The van der Waals surface area contributed by atoms with E-state index in [1.54, 1.807) is 18.3 Å². The summed E-state index contributed by atoms with van der Waals surface area (Å²) in [5, 5.41) is 8.96. The maximum absolute atomic E-state index is 12.8. The van der Waals surface area contributed by atoms with Crippen molar-refractivity contribution < 1.29 is 14.3 Å². The third kappa shape index (κ3) is 3.95. The third-order valence-electron chi connectivity index (χ3n) is 3.21. The van der Waals surface area contributed by atoms with Crippen LogP contribution in [-0.4, -0.2) is 16.1 Å². The molecule has 1 aromatic heterocycles. The molecule has 0 fully saturated rings. The summed E-state index contributed by atoms with van der Waals surface area (Å²) in [6, 6.07) is 8.24. The van der Waals surface area contributed by atoms with Gasteiger partial charge in [-0.05, 0) is 48.1 Å². The molecule has 0 bridgehead atoms. The van der Waals surface area contributed by atoms with Crippen molar-refractivity contribution in [2.75, 3.05) is 0 Å². The SMILES string of the molecule is O=C(O)CC(CCc1ccc(F)cc1)c1cc[nH]c1. The van der Waals surface area contributed by atoms with E-state index in [4.69, 9.17) is 5.11 Å². The number of nitrogens with one attached hydrogen (secondary N) is 1. The van der Waals surface area contributed by atoms with Gasteiger partial charge in [0.15, 0.2) is 0 Å². The number of H-pyrrole nitrogens is 1. The monoisotopic (exact) mass is 261 g/mol. The number of benzene rings is 1. The second-order valence-corrected chi connectivity index (χ2v) is 4.60. The molecular formula is C15H16FNO2. The molecule has 0 spiro atoms. The van der Waals surface area contributed by atoms with E-state index in [0.717, 1.165) is 24.0 Å². The first-order chi connectivity index (χ1) is 9.15. The summed E-state index contributed by atoms with van der Waals surface area (Å²) in [7, 11) is 0. The Hall–Kier alpha value is -2.10. The normalized spacial score (nSPS) is 12.3. The number of aliphatic carboxylic acids is 1. The lowest BCUT2D eigenvalue weighted by atomic mass is 9.91. The summed E-state index contributed by atoms with van der Waals surface area (Å²) in [4.78, 5) is 13.8. The fourth-order valence-electron chi connectivity index (χ4n) is 2.18. The molecule has 0 radical (unpaired) electrons. The Morgan fingerprint density at radius 2 is 2.00 bits per heavy atom. The summed E-state index contributed by atoms with van der Waals surface area (Å²) < 4.78 is 12.8. The number of carbonyl (C=O) groups is 1. The van der Waals surface area contributed by atoms with Crippen LogP contribution in [0.5, 0.6) is 0 Å². The number of carboxylic acids is 1. The number of hydrogen-bond acceptors (Lipinski definition) is 1. The second-order valence-electron chi connectivity index (χ2n) is 4.60. The summed E-state index contributed by atoms with van der Waals surface area (Å²) in [6.45, 7) is 0. The summed E-state index contributed by atoms with van der Waals surface area (Å²) >= 11 is 0. The van der Waals surface area contributed by atoms with Crippen LogP contribution in [0.3, 0.4) is 0 Å². The highest BCUT2D eigenvalue weighted by molar-refractivity contribution is 5.68. The lowest BCUT2D eigenvalue weighted by Gasteiger charge is -2.13. The van der Waals surface area contributed by atoms with Crippen molar-refractivity contribution in [3.8, 4) is 0 Å². The fourth-order valence-corrected chi connectivity index (χ4v) is 2.18. The van der Waals surface area contributed by atoms with Crippen molar-refractivity contribution in [1.29, 1.82) is 0 Å². The van der Waals surface area contributed by atoms with Crippen LogP contribution < -0.4 is 0 Å². The average Bonchev–Trinajstić information content (AvgIpc) is 2.90. The molecule has 1 unspecified atom stereocenters. The Labute approximate surface area is 111 Å². The lowest BCUT2D eigenvalue weighted by molar-refractivity contribution is -0.137. The molecule has 2 aromatic rings. The van der Waals surface area contributed by atoms with Crippen LogP contribution in [0.1, 0.15) is 29.9 Å². The van der Waals surface area contributed by atoms with Crippen LogP contribution in [0.2, 0.25) is 0 Å². The number of aromatic nitrogens is 1. The van der Waals surface area contributed by atoms with Crippen molar-refractivity contribution >= 4 is 5.97 Å².